The molecule has 0 heterocycles. The number of alkyl halides is 3. The molecule has 0 atom stereocenters. The van der Waals surface area contributed by atoms with E-state index in [0.717, 1.165) is 6.07 Å². The molecule has 0 saturated carbocycles. The molecule has 0 bridgehead atoms. The molecule has 2 N–H and O–H groups in total. The Balaban J connectivity index is 3.10. The number of halogens is 3. The molecule has 20 heavy (non-hydrogen) atoms. The first-order valence-corrected chi connectivity index (χ1v) is 6.09. The molecule has 0 aromatic heterocycles. The highest BCUT2D eigenvalue weighted by Crippen LogP contribution is 2.37. The van der Waals surface area contributed by atoms with Crippen LogP contribution < -0.4 is 10.6 Å². The van der Waals surface area contributed by atoms with Crippen molar-refractivity contribution < 1.29 is 22.6 Å². The summed E-state index contributed by atoms with van der Waals surface area (Å²) in [4.78, 5) is 1.58. The molecule has 0 fully saturated rings. The van der Waals surface area contributed by atoms with E-state index in [9.17, 15) is 13.2 Å². The van der Waals surface area contributed by atoms with E-state index in [-0.39, 0.29) is 11.4 Å². The number of ether oxygens (including phenoxy) is 2. The first kappa shape index (κ1) is 16.6. The molecule has 0 radical (unpaired) electrons. The second kappa shape index (κ2) is 7.35. The summed E-state index contributed by atoms with van der Waals surface area (Å²) in [6.07, 6.45) is -4.46. The number of nitrogens with two attached hydrogens (primary N) is 1. The maximum atomic E-state index is 13.1. The predicted octanol–water partition coefficient (Wildman–Crippen LogP) is 2.39. The quantitative estimate of drug-likeness (QED) is 0.784. The normalized spacial score (nSPS) is 11.7. The average Bonchev–Trinajstić information content (AvgIpc) is 2.38. The Morgan fingerprint density at radius 2 is 1.65 bits per heavy atom. The van der Waals surface area contributed by atoms with Crippen LogP contribution in [0.3, 0.4) is 0 Å². The van der Waals surface area contributed by atoms with E-state index in [1.807, 2.05) is 0 Å². The van der Waals surface area contributed by atoms with Crippen LogP contribution >= 0.6 is 0 Å². The van der Waals surface area contributed by atoms with E-state index in [1.54, 1.807) is 4.90 Å². The third-order valence-corrected chi connectivity index (χ3v) is 2.80. The minimum absolute atomic E-state index is 0.0829. The standard InChI is InChI=1S/C13H19F3N2O2/c1-19-7-5-18(6-8-20-2)12-4-3-10(17)9-11(12)13(14,15)16/h3-4,9H,5-8,17H2,1-2H3. The molecule has 0 unspecified atom stereocenters. The summed E-state index contributed by atoms with van der Waals surface area (Å²) in [5, 5.41) is 0. The second-order valence-corrected chi connectivity index (χ2v) is 4.25. The number of rotatable bonds is 7. The number of anilines is 2. The summed E-state index contributed by atoms with van der Waals surface area (Å²) in [7, 11) is 3.00. The summed E-state index contributed by atoms with van der Waals surface area (Å²) < 4.78 is 49.1. The van der Waals surface area contributed by atoms with Gasteiger partial charge in [0, 0.05) is 38.7 Å². The lowest BCUT2D eigenvalue weighted by molar-refractivity contribution is -0.137. The van der Waals surface area contributed by atoms with Crippen molar-refractivity contribution in [3.63, 3.8) is 0 Å². The van der Waals surface area contributed by atoms with E-state index in [4.69, 9.17) is 15.2 Å². The molecule has 114 valence electrons. The van der Waals surface area contributed by atoms with E-state index in [2.05, 4.69) is 0 Å². The van der Waals surface area contributed by atoms with Crippen LogP contribution in [0.25, 0.3) is 0 Å². The van der Waals surface area contributed by atoms with Crippen molar-refractivity contribution >= 4 is 11.4 Å². The van der Waals surface area contributed by atoms with Gasteiger partial charge in [0.1, 0.15) is 0 Å². The Labute approximate surface area is 116 Å². The third-order valence-electron chi connectivity index (χ3n) is 2.80. The van der Waals surface area contributed by atoms with Crippen LogP contribution in [0.5, 0.6) is 0 Å². The largest absolute Gasteiger partial charge is 0.418 e. The van der Waals surface area contributed by atoms with Crippen molar-refractivity contribution in [3.05, 3.63) is 23.8 Å². The fraction of sp³-hybridized carbons (Fsp3) is 0.538. The number of benzene rings is 1. The summed E-state index contributed by atoms with van der Waals surface area (Å²) in [6, 6.07) is 3.78. The molecule has 0 amide bonds. The first-order valence-electron chi connectivity index (χ1n) is 6.09. The number of nitrogens with zero attached hydrogens (tertiary/aromatic N) is 1. The lowest BCUT2D eigenvalue weighted by Crippen LogP contribution is -2.32. The molecular formula is C13H19F3N2O2. The van der Waals surface area contributed by atoms with Crippen molar-refractivity contribution in [1.82, 2.24) is 0 Å². The van der Waals surface area contributed by atoms with E-state index in [1.165, 1.54) is 26.4 Å². The maximum absolute atomic E-state index is 13.1. The monoisotopic (exact) mass is 292 g/mol. The van der Waals surface area contributed by atoms with Gasteiger partial charge in [0.15, 0.2) is 0 Å². The average molecular weight is 292 g/mol. The fourth-order valence-electron chi connectivity index (χ4n) is 1.81. The zero-order valence-electron chi connectivity index (χ0n) is 11.5. The zero-order valence-corrected chi connectivity index (χ0v) is 11.5. The lowest BCUT2D eigenvalue weighted by atomic mass is 10.1. The molecule has 4 nitrogen and oxygen atoms in total. The highest BCUT2D eigenvalue weighted by atomic mass is 19.4. The van der Waals surface area contributed by atoms with Crippen LogP contribution in [0, 0.1) is 0 Å². The van der Waals surface area contributed by atoms with E-state index >= 15 is 0 Å². The number of nitrogen functional groups attached to an aromatic ring is 1. The van der Waals surface area contributed by atoms with Gasteiger partial charge in [-0.25, -0.2) is 0 Å². The molecule has 0 spiro atoms. The van der Waals surface area contributed by atoms with Gasteiger partial charge < -0.3 is 20.1 Å². The molecule has 1 aromatic carbocycles. The van der Waals surface area contributed by atoms with E-state index < -0.39 is 11.7 Å². The number of hydrogen-bond donors (Lipinski definition) is 1. The SMILES string of the molecule is COCCN(CCOC)c1ccc(N)cc1C(F)(F)F. The van der Waals surface area contributed by atoms with Crippen LogP contribution in [0.1, 0.15) is 5.56 Å². The van der Waals surface area contributed by atoms with Crippen LogP contribution in [-0.2, 0) is 15.7 Å². The minimum Gasteiger partial charge on any atom is -0.399 e. The molecule has 7 heteroatoms. The van der Waals surface area contributed by atoms with Gasteiger partial charge in [-0.15, -0.1) is 0 Å². The maximum Gasteiger partial charge on any atom is 0.418 e. The summed E-state index contributed by atoms with van der Waals surface area (Å²) in [6.45, 7) is 1.33. The Morgan fingerprint density at radius 1 is 1.10 bits per heavy atom. The second-order valence-electron chi connectivity index (χ2n) is 4.25. The predicted molar refractivity (Wildman–Crippen MR) is 71.8 cm³/mol. The third kappa shape index (κ3) is 4.57. The van der Waals surface area contributed by atoms with E-state index in [0.29, 0.717) is 26.3 Å². The topological polar surface area (TPSA) is 47.7 Å². The van der Waals surface area contributed by atoms with Gasteiger partial charge in [0.2, 0.25) is 0 Å². The Bertz CT molecular complexity index is 417. The number of methoxy groups -OCH3 is 2. The lowest BCUT2D eigenvalue weighted by Gasteiger charge is -2.27. The van der Waals surface area contributed by atoms with Crippen LogP contribution in [-0.4, -0.2) is 40.5 Å². The van der Waals surface area contributed by atoms with Gasteiger partial charge in [-0.05, 0) is 18.2 Å². The first-order chi connectivity index (χ1) is 9.40. The highest BCUT2D eigenvalue weighted by molar-refractivity contribution is 5.61. The van der Waals surface area contributed by atoms with Crippen LogP contribution in [0.2, 0.25) is 0 Å². The Morgan fingerprint density at radius 3 is 2.10 bits per heavy atom. The Kier molecular flexibility index (Phi) is 6.09. The highest BCUT2D eigenvalue weighted by Gasteiger charge is 2.35. The van der Waals surface area contributed by atoms with Gasteiger partial charge in [0.05, 0.1) is 18.8 Å². The molecule has 1 aromatic rings. The zero-order chi connectivity index (χ0) is 15.2. The minimum atomic E-state index is -4.46. The molecule has 0 aliphatic rings. The molecule has 0 saturated heterocycles. The number of hydrogen-bond acceptors (Lipinski definition) is 4. The fourth-order valence-corrected chi connectivity index (χ4v) is 1.81. The smallest absolute Gasteiger partial charge is 0.399 e. The summed E-state index contributed by atoms with van der Waals surface area (Å²) in [5.41, 5.74) is 4.88. The van der Waals surface area contributed by atoms with Crippen molar-refractivity contribution in [2.24, 2.45) is 0 Å². The molecule has 1 rings (SSSR count). The molecular weight excluding hydrogens is 273 g/mol. The van der Waals surface area contributed by atoms with Gasteiger partial charge in [-0.3, -0.25) is 0 Å². The van der Waals surface area contributed by atoms with Gasteiger partial charge >= 0.3 is 6.18 Å². The van der Waals surface area contributed by atoms with Crippen LogP contribution in [0.15, 0.2) is 18.2 Å². The van der Waals surface area contributed by atoms with Crippen molar-refractivity contribution in [2.45, 2.75) is 6.18 Å². The van der Waals surface area contributed by atoms with Gasteiger partial charge in [-0.2, -0.15) is 13.2 Å². The van der Waals surface area contributed by atoms with Gasteiger partial charge in [0.25, 0.3) is 0 Å². The van der Waals surface area contributed by atoms with Gasteiger partial charge in [-0.1, -0.05) is 0 Å². The Hall–Kier alpha value is -1.47. The van der Waals surface area contributed by atoms with Crippen molar-refractivity contribution in [3.8, 4) is 0 Å². The van der Waals surface area contributed by atoms with Crippen molar-refractivity contribution in [2.75, 3.05) is 51.2 Å². The van der Waals surface area contributed by atoms with Crippen LogP contribution in [0.4, 0.5) is 24.5 Å². The van der Waals surface area contributed by atoms with Crippen molar-refractivity contribution in [1.29, 1.82) is 0 Å². The molecule has 0 aliphatic carbocycles. The molecule has 0 aliphatic heterocycles. The summed E-state index contributed by atoms with van der Waals surface area (Å²) in [5.74, 6) is 0. The summed E-state index contributed by atoms with van der Waals surface area (Å²) >= 11 is 0.